The van der Waals surface area contributed by atoms with Gasteiger partial charge in [0, 0.05) is 0 Å². The predicted molar refractivity (Wildman–Crippen MR) is 65.3 cm³/mol. The monoisotopic (exact) mass is 254 g/mol. The zero-order chi connectivity index (χ0) is 11.7. The molecule has 1 amide bonds. The molecule has 1 aromatic carbocycles. The zero-order valence-electron chi connectivity index (χ0n) is 7.98. The van der Waals surface area contributed by atoms with Gasteiger partial charge in [-0.3, -0.25) is 4.79 Å². The Morgan fingerprint density at radius 2 is 2.25 bits per heavy atom. The maximum absolute atomic E-state index is 11.3. The highest BCUT2D eigenvalue weighted by Crippen LogP contribution is 2.32. The Balaban J connectivity index is 2.38. The summed E-state index contributed by atoms with van der Waals surface area (Å²) in [5.41, 5.74) is 5.96. The van der Waals surface area contributed by atoms with E-state index in [1.54, 1.807) is 18.2 Å². The molecule has 0 aromatic heterocycles. The van der Waals surface area contributed by atoms with E-state index in [-0.39, 0.29) is 21.8 Å². The summed E-state index contributed by atoms with van der Waals surface area (Å²) in [6, 6.07) is 4.80. The summed E-state index contributed by atoms with van der Waals surface area (Å²) in [6.45, 7) is 0. The first kappa shape index (κ1) is 11.0. The number of hydrogen-bond acceptors (Lipinski definition) is 4. The van der Waals surface area contributed by atoms with E-state index in [0.29, 0.717) is 10.5 Å². The topological polar surface area (TPSA) is 75.7 Å². The quantitative estimate of drug-likeness (QED) is 0.752. The molecule has 3 N–H and O–H groups in total. The van der Waals surface area contributed by atoms with E-state index >= 15 is 0 Å². The van der Waals surface area contributed by atoms with Crippen molar-refractivity contribution in [2.45, 2.75) is 0 Å². The Morgan fingerprint density at radius 3 is 2.88 bits per heavy atom. The SMILES string of the molecule is NC1=NC(=O)C(=Cc2cccc(O)c2Cl)S1. The third-order valence-corrected chi connectivity index (χ3v) is 3.16. The molecular weight excluding hydrogens is 248 g/mol. The molecule has 82 valence electrons. The van der Waals surface area contributed by atoms with Gasteiger partial charge in [0.25, 0.3) is 5.91 Å². The second-order valence-corrected chi connectivity index (χ2v) is 4.49. The van der Waals surface area contributed by atoms with Crippen molar-refractivity contribution in [1.29, 1.82) is 0 Å². The number of phenols is 1. The van der Waals surface area contributed by atoms with E-state index in [1.165, 1.54) is 6.07 Å². The van der Waals surface area contributed by atoms with E-state index in [4.69, 9.17) is 17.3 Å². The van der Waals surface area contributed by atoms with E-state index in [9.17, 15) is 9.90 Å². The molecule has 0 fully saturated rings. The molecule has 1 aliphatic heterocycles. The van der Waals surface area contributed by atoms with Crippen LogP contribution < -0.4 is 5.73 Å². The van der Waals surface area contributed by atoms with Crippen LogP contribution in [-0.2, 0) is 4.79 Å². The van der Waals surface area contributed by atoms with Crippen LogP contribution in [0.5, 0.6) is 5.75 Å². The maximum Gasteiger partial charge on any atom is 0.286 e. The van der Waals surface area contributed by atoms with Crippen molar-refractivity contribution in [1.82, 2.24) is 0 Å². The highest BCUT2D eigenvalue weighted by molar-refractivity contribution is 8.18. The summed E-state index contributed by atoms with van der Waals surface area (Å²) < 4.78 is 0. The van der Waals surface area contributed by atoms with Gasteiger partial charge in [-0.2, -0.15) is 4.99 Å². The number of carbonyl (C=O) groups is 1. The van der Waals surface area contributed by atoms with Crippen molar-refractivity contribution >= 4 is 40.5 Å². The van der Waals surface area contributed by atoms with Crippen LogP contribution >= 0.6 is 23.4 Å². The largest absolute Gasteiger partial charge is 0.506 e. The second kappa shape index (κ2) is 4.19. The number of phenolic OH excluding ortho intramolecular Hbond substituents is 1. The standard InChI is InChI=1S/C10H7ClN2O2S/c11-8-5(2-1-3-6(8)14)4-7-9(15)13-10(12)16-7/h1-4,14H,(H2,12,13,15). The van der Waals surface area contributed by atoms with Crippen LogP contribution in [0.25, 0.3) is 6.08 Å². The lowest BCUT2D eigenvalue weighted by atomic mass is 10.2. The van der Waals surface area contributed by atoms with Crippen molar-refractivity contribution in [3.63, 3.8) is 0 Å². The molecule has 0 unspecified atom stereocenters. The van der Waals surface area contributed by atoms with Gasteiger partial charge in [-0.25, -0.2) is 0 Å². The number of benzene rings is 1. The third kappa shape index (κ3) is 2.05. The Labute approximate surface area is 101 Å². The lowest BCUT2D eigenvalue weighted by molar-refractivity contribution is -0.113. The lowest BCUT2D eigenvalue weighted by Crippen LogP contribution is -2.01. The summed E-state index contributed by atoms with van der Waals surface area (Å²) in [6.07, 6.45) is 1.55. The molecule has 6 heteroatoms. The molecule has 16 heavy (non-hydrogen) atoms. The minimum atomic E-state index is -0.387. The number of aromatic hydroxyl groups is 1. The first-order valence-corrected chi connectivity index (χ1v) is 5.53. The molecule has 0 aliphatic carbocycles. The maximum atomic E-state index is 11.3. The molecule has 1 aliphatic rings. The Bertz CT molecular complexity index is 526. The fourth-order valence-corrected chi connectivity index (χ4v) is 2.07. The number of nitrogens with zero attached hydrogens (tertiary/aromatic N) is 1. The summed E-state index contributed by atoms with van der Waals surface area (Å²) in [7, 11) is 0. The highest BCUT2D eigenvalue weighted by atomic mass is 35.5. The molecule has 0 atom stereocenters. The van der Waals surface area contributed by atoms with Gasteiger partial charge in [-0.1, -0.05) is 23.7 Å². The Kier molecular flexibility index (Phi) is 2.89. The molecule has 1 heterocycles. The molecule has 0 spiro atoms. The molecule has 0 bridgehead atoms. The minimum Gasteiger partial charge on any atom is -0.506 e. The lowest BCUT2D eigenvalue weighted by Gasteiger charge is -2.01. The van der Waals surface area contributed by atoms with Gasteiger partial charge in [0.2, 0.25) is 0 Å². The molecule has 0 radical (unpaired) electrons. The van der Waals surface area contributed by atoms with Crippen LogP contribution in [-0.4, -0.2) is 16.2 Å². The van der Waals surface area contributed by atoms with E-state index in [1.807, 2.05) is 0 Å². The molecule has 1 aromatic rings. The van der Waals surface area contributed by atoms with Crippen LogP contribution in [0.15, 0.2) is 28.1 Å². The zero-order valence-corrected chi connectivity index (χ0v) is 9.55. The summed E-state index contributed by atoms with van der Waals surface area (Å²) in [5.74, 6) is -0.415. The summed E-state index contributed by atoms with van der Waals surface area (Å²) in [5, 5.41) is 9.80. The van der Waals surface area contributed by atoms with E-state index in [0.717, 1.165) is 11.8 Å². The van der Waals surface area contributed by atoms with Gasteiger partial charge in [0.15, 0.2) is 5.17 Å². The third-order valence-electron chi connectivity index (χ3n) is 1.93. The van der Waals surface area contributed by atoms with Crippen LogP contribution in [0.2, 0.25) is 5.02 Å². The van der Waals surface area contributed by atoms with Crippen molar-refractivity contribution in [3.05, 3.63) is 33.7 Å². The summed E-state index contributed by atoms with van der Waals surface area (Å²) in [4.78, 5) is 15.3. The van der Waals surface area contributed by atoms with E-state index in [2.05, 4.69) is 4.99 Å². The van der Waals surface area contributed by atoms with Crippen molar-refractivity contribution in [3.8, 4) is 5.75 Å². The molecular formula is C10H7ClN2O2S. The first-order chi connectivity index (χ1) is 7.58. The van der Waals surface area contributed by atoms with Gasteiger partial charge in [-0.05, 0) is 29.5 Å². The number of rotatable bonds is 1. The van der Waals surface area contributed by atoms with Crippen molar-refractivity contribution in [2.75, 3.05) is 0 Å². The normalized spacial score (nSPS) is 17.9. The number of carbonyl (C=O) groups excluding carboxylic acids is 1. The Morgan fingerprint density at radius 1 is 1.50 bits per heavy atom. The average molecular weight is 255 g/mol. The number of nitrogens with two attached hydrogens (primary N) is 1. The molecule has 0 saturated heterocycles. The molecule has 2 rings (SSSR count). The number of aliphatic imine (C=N–C) groups is 1. The van der Waals surface area contributed by atoms with Gasteiger partial charge < -0.3 is 10.8 Å². The second-order valence-electron chi connectivity index (χ2n) is 3.05. The Hall–Kier alpha value is -1.46. The fraction of sp³-hybridized carbons (Fsp3) is 0. The first-order valence-electron chi connectivity index (χ1n) is 4.33. The smallest absolute Gasteiger partial charge is 0.286 e. The predicted octanol–water partition coefficient (Wildman–Crippen LogP) is 1.97. The van der Waals surface area contributed by atoms with Crippen LogP contribution in [0.4, 0.5) is 0 Å². The van der Waals surface area contributed by atoms with Crippen molar-refractivity contribution in [2.24, 2.45) is 10.7 Å². The van der Waals surface area contributed by atoms with Gasteiger partial charge >= 0.3 is 0 Å². The van der Waals surface area contributed by atoms with E-state index < -0.39 is 0 Å². The average Bonchev–Trinajstić information content (AvgIpc) is 2.53. The van der Waals surface area contributed by atoms with Gasteiger partial charge in [-0.15, -0.1) is 0 Å². The van der Waals surface area contributed by atoms with Crippen LogP contribution in [0.1, 0.15) is 5.56 Å². The summed E-state index contributed by atoms with van der Waals surface area (Å²) >= 11 is 6.95. The molecule has 0 saturated carbocycles. The van der Waals surface area contributed by atoms with Gasteiger partial charge in [0.1, 0.15) is 5.75 Å². The number of hydrogen-bond donors (Lipinski definition) is 2. The number of halogens is 1. The minimum absolute atomic E-state index is 0.0275. The van der Waals surface area contributed by atoms with Gasteiger partial charge in [0.05, 0.1) is 9.93 Å². The number of amides is 1. The number of amidine groups is 1. The molecule has 4 nitrogen and oxygen atoms in total. The number of thioether (sulfide) groups is 1. The van der Waals surface area contributed by atoms with Crippen molar-refractivity contribution < 1.29 is 9.90 Å². The van der Waals surface area contributed by atoms with Crippen LogP contribution in [0.3, 0.4) is 0 Å². The highest BCUT2D eigenvalue weighted by Gasteiger charge is 2.19. The fourth-order valence-electron chi connectivity index (χ4n) is 1.22. The van der Waals surface area contributed by atoms with Crippen LogP contribution in [0, 0.1) is 0 Å².